The summed E-state index contributed by atoms with van der Waals surface area (Å²) in [6.07, 6.45) is 6.81. The van der Waals surface area contributed by atoms with Crippen molar-refractivity contribution < 1.29 is 0 Å². The van der Waals surface area contributed by atoms with Crippen molar-refractivity contribution in [2.75, 3.05) is 5.32 Å². The van der Waals surface area contributed by atoms with Crippen LogP contribution in [0.2, 0.25) is 0 Å². The Morgan fingerprint density at radius 2 is 2.22 bits per heavy atom. The van der Waals surface area contributed by atoms with Gasteiger partial charge in [-0.3, -0.25) is 9.78 Å². The van der Waals surface area contributed by atoms with Crippen LogP contribution in [0.1, 0.15) is 25.5 Å². The highest BCUT2D eigenvalue weighted by atomic mass is 16.1. The molecule has 94 valence electrons. The minimum Gasteiger partial charge on any atom is -0.361 e. The highest BCUT2D eigenvalue weighted by molar-refractivity contribution is 5.32. The molecule has 0 aliphatic carbocycles. The first kappa shape index (κ1) is 12.3. The Bertz CT molecular complexity index is 563. The number of nitrogens with zero attached hydrogens (tertiary/aromatic N) is 3. The number of anilines is 1. The molecular weight excluding hydrogens is 228 g/mol. The van der Waals surface area contributed by atoms with Crippen LogP contribution in [0.15, 0.2) is 41.7 Å². The van der Waals surface area contributed by atoms with E-state index in [1.165, 1.54) is 0 Å². The standard InChI is InChI=1S/C13H16N4O/c1-10(2)17-7-6-15-12(13(17)18)16-9-11-4-3-5-14-8-11/h3-8,10H,9H2,1-2H3,(H,15,16). The van der Waals surface area contributed by atoms with Crippen molar-refractivity contribution in [3.05, 3.63) is 52.8 Å². The molecule has 0 amide bonds. The second-order valence-corrected chi connectivity index (χ2v) is 4.30. The fraction of sp³-hybridized carbons (Fsp3) is 0.308. The molecule has 0 radical (unpaired) electrons. The Hall–Kier alpha value is -2.17. The summed E-state index contributed by atoms with van der Waals surface area (Å²) in [7, 11) is 0. The lowest BCUT2D eigenvalue weighted by molar-refractivity contribution is 0.575. The quantitative estimate of drug-likeness (QED) is 0.891. The van der Waals surface area contributed by atoms with E-state index >= 15 is 0 Å². The van der Waals surface area contributed by atoms with Crippen LogP contribution in [0.5, 0.6) is 0 Å². The molecule has 0 aromatic carbocycles. The van der Waals surface area contributed by atoms with Crippen molar-refractivity contribution in [3.8, 4) is 0 Å². The van der Waals surface area contributed by atoms with Gasteiger partial charge in [0.1, 0.15) is 0 Å². The lowest BCUT2D eigenvalue weighted by Crippen LogP contribution is -2.25. The van der Waals surface area contributed by atoms with Crippen LogP contribution in [0.3, 0.4) is 0 Å². The number of nitrogens with one attached hydrogen (secondary N) is 1. The molecule has 2 aromatic heterocycles. The van der Waals surface area contributed by atoms with Crippen LogP contribution < -0.4 is 10.9 Å². The van der Waals surface area contributed by atoms with Crippen LogP contribution in [0.25, 0.3) is 0 Å². The first-order valence-electron chi connectivity index (χ1n) is 5.88. The number of pyridine rings is 1. The van der Waals surface area contributed by atoms with Gasteiger partial charge in [0.15, 0.2) is 5.82 Å². The van der Waals surface area contributed by atoms with E-state index in [0.29, 0.717) is 12.4 Å². The normalized spacial score (nSPS) is 10.6. The molecule has 1 N–H and O–H groups in total. The van der Waals surface area contributed by atoms with E-state index in [0.717, 1.165) is 5.56 Å². The minimum absolute atomic E-state index is 0.101. The summed E-state index contributed by atoms with van der Waals surface area (Å²) in [5.74, 6) is 0.370. The van der Waals surface area contributed by atoms with Crippen molar-refractivity contribution in [2.45, 2.75) is 26.4 Å². The van der Waals surface area contributed by atoms with Gasteiger partial charge in [-0.15, -0.1) is 0 Å². The van der Waals surface area contributed by atoms with Gasteiger partial charge in [0.25, 0.3) is 5.56 Å². The summed E-state index contributed by atoms with van der Waals surface area (Å²) in [6.45, 7) is 4.47. The Morgan fingerprint density at radius 1 is 1.39 bits per heavy atom. The molecule has 0 fully saturated rings. The third-order valence-corrected chi connectivity index (χ3v) is 2.61. The third kappa shape index (κ3) is 2.74. The van der Waals surface area contributed by atoms with Crippen LogP contribution in [-0.2, 0) is 6.54 Å². The zero-order chi connectivity index (χ0) is 13.0. The molecule has 0 spiro atoms. The minimum atomic E-state index is -0.101. The fourth-order valence-corrected chi connectivity index (χ4v) is 1.64. The molecule has 0 bridgehead atoms. The molecule has 0 unspecified atom stereocenters. The van der Waals surface area contributed by atoms with Gasteiger partial charge < -0.3 is 9.88 Å². The van der Waals surface area contributed by atoms with Crippen LogP contribution >= 0.6 is 0 Å². The summed E-state index contributed by atoms with van der Waals surface area (Å²) in [5, 5.41) is 3.04. The maximum absolute atomic E-state index is 12.1. The van der Waals surface area contributed by atoms with E-state index in [1.54, 1.807) is 29.4 Å². The summed E-state index contributed by atoms with van der Waals surface area (Å²) >= 11 is 0. The topological polar surface area (TPSA) is 59.8 Å². The zero-order valence-electron chi connectivity index (χ0n) is 10.5. The van der Waals surface area contributed by atoms with E-state index in [-0.39, 0.29) is 11.6 Å². The second-order valence-electron chi connectivity index (χ2n) is 4.30. The molecule has 2 heterocycles. The first-order valence-corrected chi connectivity index (χ1v) is 5.88. The van der Waals surface area contributed by atoms with E-state index in [2.05, 4.69) is 15.3 Å². The van der Waals surface area contributed by atoms with Gasteiger partial charge in [0, 0.05) is 37.4 Å². The molecule has 0 aliphatic rings. The molecule has 0 aliphatic heterocycles. The summed E-state index contributed by atoms with van der Waals surface area (Å²) in [5.41, 5.74) is 0.912. The highest BCUT2D eigenvalue weighted by Crippen LogP contribution is 2.03. The van der Waals surface area contributed by atoms with Gasteiger partial charge in [-0.2, -0.15) is 0 Å². The molecule has 5 heteroatoms. The molecule has 5 nitrogen and oxygen atoms in total. The Balaban J connectivity index is 2.15. The van der Waals surface area contributed by atoms with E-state index in [1.807, 2.05) is 26.0 Å². The summed E-state index contributed by atoms with van der Waals surface area (Å²) < 4.78 is 1.65. The smallest absolute Gasteiger partial charge is 0.293 e. The zero-order valence-corrected chi connectivity index (χ0v) is 10.5. The van der Waals surface area contributed by atoms with Gasteiger partial charge in [0.2, 0.25) is 0 Å². The Morgan fingerprint density at radius 3 is 2.89 bits per heavy atom. The summed E-state index contributed by atoms with van der Waals surface area (Å²) in [4.78, 5) is 20.1. The fourth-order valence-electron chi connectivity index (χ4n) is 1.64. The van der Waals surface area contributed by atoms with E-state index < -0.39 is 0 Å². The molecule has 2 aromatic rings. The first-order chi connectivity index (χ1) is 8.68. The molecule has 0 saturated heterocycles. The van der Waals surface area contributed by atoms with Crippen LogP contribution in [0, 0.1) is 0 Å². The van der Waals surface area contributed by atoms with Crippen molar-refractivity contribution in [1.29, 1.82) is 0 Å². The summed E-state index contributed by atoms with van der Waals surface area (Å²) in [6, 6.07) is 3.94. The maximum Gasteiger partial charge on any atom is 0.293 e. The largest absolute Gasteiger partial charge is 0.361 e. The highest BCUT2D eigenvalue weighted by Gasteiger charge is 2.06. The lowest BCUT2D eigenvalue weighted by Gasteiger charge is -2.11. The second kappa shape index (κ2) is 5.44. The van der Waals surface area contributed by atoms with Gasteiger partial charge in [0.05, 0.1) is 0 Å². The molecule has 0 atom stereocenters. The monoisotopic (exact) mass is 244 g/mol. The van der Waals surface area contributed by atoms with Crippen LogP contribution in [-0.4, -0.2) is 14.5 Å². The van der Waals surface area contributed by atoms with Gasteiger partial charge >= 0.3 is 0 Å². The van der Waals surface area contributed by atoms with Crippen molar-refractivity contribution in [2.24, 2.45) is 0 Å². The third-order valence-electron chi connectivity index (χ3n) is 2.61. The Kier molecular flexibility index (Phi) is 3.72. The van der Waals surface area contributed by atoms with Crippen molar-refractivity contribution in [3.63, 3.8) is 0 Å². The van der Waals surface area contributed by atoms with E-state index in [9.17, 15) is 4.79 Å². The number of hydrogen-bond donors (Lipinski definition) is 1. The van der Waals surface area contributed by atoms with Gasteiger partial charge in [-0.05, 0) is 25.5 Å². The van der Waals surface area contributed by atoms with Crippen molar-refractivity contribution >= 4 is 5.82 Å². The Labute approximate surface area is 106 Å². The number of hydrogen-bond acceptors (Lipinski definition) is 4. The average molecular weight is 244 g/mol. The number of rotatable bonds is 4. The van der Waals surface area contributed by atoms with Crippen LogP contribution in [0.4, 0.5) is 5.82 Å². The molecule has 18 heavy (non-hydrogen) atoms. The van der Waals surface area contributed by atoms with E-state index in [4.69, 9.17) is 0 Å². The van der Waals surface area contributed by atoms with Gasteiger partial charge in [-0.1, -0.05) is 6.07 Å². The predicted molar refractivity (Wildman–Crippen MR) is 70.4 cm³/mol. The SMILES string of the molecule is CC(C)n1ccnc(NCc2cccnc2)c1=O. The molecule has 0 saturated carbocycles. The lowest BCUT2D eigenvalue weighted by atomic mass is 10.3. The average Bonchev–Trinajstić information content (AvgIpc) is 2.38. The van der Waals surface area contributed by atoms with Crippen molar-refractivity contribution in [1.82, 2.24) is 14.5 Å². The number of aromatic nitrogens is 3. The molecular formula is C13H16N4O. The maximum atomic E-state index is 12.1. The molecule has 2 rings (SSSR count). The predicted octanol–water partition coefficient (Wildman–Crippen LogP) is 1.83. The van der Waals surface area contributed by atoms with Gasteiger partial charge in [-0.25, -0.2) is 4.98 Å².